The Balaban J connectivity index is 2.25. The zero-order valence-electron chi connectivity index (χ0n) is 5.71. The van der Waals surface area contributed by atoms with Gasteiger partial charge < -0.3 is 10.8 Å². The van der Waals surface area contributed by atoms with E-state index in [9.17, 15) is 0 Å². The zero-order valence-corrected chi connectivity index (χ0v) is 5.71. The van der Waals surface area contributed by atoms with Crippen molar-refractivity contribution in [3.05, 3.63) is 0 Å². The number of hydrogen-bond acceptors (Lipinski definition) is 2. The number of rotatable bonds is 0. The van der Waals surface area contributed by atoms with E-state index in [1.54, 1.807) is 0 Å². The topological polar surface area (TPSA) is 46.2 Å². The molecule has 2 atom stereocenters. The minimum atomic E-state index is -0.0708. The predicted octanol–water partition coefficient (Wildman–Crippen LogP) is 0.639. The van der Waals surface area contributed by atoms with Crippen LogP contribution in [-0.4, -0.2) is 17.3 Å². The third-order valence-corrected chi connectivity index (χ3v) is 1.98. The highest BCUT2D eigenvalue weighted by atomic mass is 16.3. The lowest BCUT2D eigenvalue weighted by Gasteiger charge is -2.05. The molecule has 2 heteroatoms. The van der Waals surface area contributed by atoms with E-state index in [0.717, 1.165) is 32.1 Å². The van der Waals surface area contributed by atoms with Crippen molar-refractivity contribution in [3.63, 3.8) is 0 Å². The summed E-state index contributed by atoms with van der Waals surface area (Å²) in [6.07, 6.45) is 4.98. The highest BCUT2D eigenvalue weighted by Gasteiger charge is 2.12. The standard InChI is InChI=1S/C7H15NO/c8-6-2-1-3-7(9)5-4-6/h6-7,9H,1-5,8H2/t6-,7-/m0/s1. The molecule has 0 bridgehead atoms. The summed E-state index contributed by atoms with van der Waals surface area (Å²) in [4.78, 5) is 0. The second-order valence-electron chi connectivity index (χ2n) is 2.92. The normalized spacial score (nSPS) is 38.0. The first kappa shape index (κ1) is 7.03. The van der Waals surface area contributed by atoms with Crippen molar-refractivity contribution < 1.29 is 5.11 Å². The molecule has 54 valence electrons. The van der Waals surface area contributed by atoms with Crippen molar-refractivity contribution in [2.24, 2.45) is 5.73 Å². The van der Waals surface area contributed by atoms with Gasteiger partial charge in [-0.05, 0) is 32.1 Å². The SMILES string of the molecule is N[C@H]1CCC[C@H](O)CC1. The summed E-state index contributed by atoms with van der Waals surface area (Å²) >= 11 is 0. The highest BCUT2D eigenvalue weighted by Crippen LogP contribution is 2.15. The van der Waals surface area contributed by atoms with Crippen LogP contribution in [0.3, 0.4) is 0 Å². The Morgan fingerprint density at radius 3 is 2.67 bits per heavy atom. The van der Waals surface area contributed by atoms with Gasteiger partial charge in [-0.15, -0.1) is 0 Å². The molecule has 1 rings (SSSR count). The van der Waals surface area contributed by atoms with Gasteiger partial charge in [0.25, 0.3) is 0 Å². The fourth-order valence-corrected chi connectivity index (χ4v) is 1.31. The fraction of sp³-hybridized carbons (Fsp3) is 1.00. The van der Waals surface area contributed by atoms with Crippen LogP contribution in [-0.2, 0) is 0 Å². The van der Waals surface area contributed by atoms with E-state index in [0.29, 0.717) is 6.04 Å². The molecule has 1 fully saturated rings. The molecule has 1 saturated carbocycles. The van der Waals surface area contributed by atoms with Gasteiger partial charge in [0.15, 0.2) is 0 Å². The van der Waals surface area contributed by atoms with Gasteiger partial charge in [-0.3, -0.25) is 0 Å². The van der Waals surface area contributed by atoms with Gasteiger partial charge in [0.1, 0.15) is 0 Å². The number of aliphatic hydroxyl groups excluding tert-OH is 1. The van der Waals surface area contributed by atoms with Gasteiger partial charge in [-0.2, -0.15) is 0 Å². The smallest absolute Gasteiger partial charge is 0.0540 e. The first-order valence-corrected chi connectivity index (χ1v) is 3.72. The summed E-state index contributed by atoms with van der Waals surface area (Å²) < 4.78 is 0. The van der Waals surface area contributed by atoms with E-state index in [1.807, 2.05) is 0 Å². The van der Waals surface area contributed by atoms with E-state index in [4.69, 9.17) is 10.8 Å². The molecule has 0 aromatic heterocycles. The molecular formula is C7H15NO. The molecule has 1 aliphatic rings. The van der Waals surface area contributed by atoms with Crippen LogP contribution in [0, 0.1) is 0 Å². The molecule has 0 aromatic carbocycles. The molecule has 0 unspecified atom stereocenters. The van der Waals surface area contributed by atoms with Crippen molar-refractivity contribution in [2.45, 2.75) is 44.2 Å². The van der Waals surface area contributed by atoms with E-state index in [2.05, 4.69) is 0 Å². The predicted molar refractivity (Wildman–Crippen MR) is 37.1 cm³/mol. The largest absolute Gasteiger partial charge is 0.393 e. The van der Waals surface area contributed by atoms with Gasteiger partial charge >= 0.3 is 0 Å². The maximum atomic E-state index is 9.15. The monoisotopic (exact) mass is 129 g/mol. The van der Waals surface area contributed by atoms with Crippen molar-refractivity contribution >= 4 is 0 Å². The molecule has 0 amide bonds. The summed E-state index contributed by atoms with van der Waals surface area (Å²) in [5.41, 5.74) is 5.69. The highest BCUT2D eigenvalue weighted by molar-refractivity contribution is 4.70. The van der Waals surface area contributed by atoms with E-state index in [1.165, 1.54) is 0 Å². The third kappa shape index (κ3) is 2.33. The third-order valence-electron chi connectivity index (χ3n) is 1.98. The Labute approximate surface area is 56.1 Å². The van der Waals surface area contributed by atoms with E-state index in [-0.39, 0.29) is 6.10 Å². The van der Waals surface area contributed by atoms with Crippen molar-refractivity contribution in [3.8, 4) is 0 Å². The summed E-state index contributed by atoms with van der Waals surface area (Å²) in [6.45, 7) is 0. The summed E-state index contributed by atoms with van der Waals surface area (Å²) in [5, 5.41) is 9.15. The van der Waals surface area contributed by atoms with Crippen LogP contribution >= 0.6 is 0 Å². The Kier molecular flexibility index (Phi) is 2.49. The Morgan fingerprint density at radius 2 is 1.89 bits per heavy atom. The summed E-state index contributed by atoms with van der Waals surface area (Å²) in [7, 11) is 0. The van der Waals surface area contributed by atoms with Crippen LogP contribution in [0.25, 0.3) is 0 Å². The molecule has 0 aliphatic heterocycles. The summed E-state index contributed by atoms with van der Waals surface area (Å²) in [5.74, 6) is 0. The first-order valence-electron chi connectivity index (χ1n) is 3.72. The van der Waals surface area contributed by atoms with Crippen LogP contribution in [0.15, 0.2) is 0 Å². The molecule has 1 aliphatic carbocycles. The lowest BCUT2D eigenvalue weighted by Crippen LogP contribution is -2.18. The van der Waals surface area contributed by atoms with Crippen molar-refractivity contribution in [2.75, 3.05) is 0 Å². The Bertz CT molecular complexity index is 75.0. The molecule has 0 aromatic rings. The lowest BCUT2D eigenvalue weighted by atomic mass is 10.1. The quantitative estimate of drug-likeness (QED) is 0.471. The first-order chi connectivity index (χ1) is 4.29. The molecule has 9 heavy (non-hydrogen) atoms. The van der Waals surface area contributed by atoms with Crippen LogP contribution in [0.4, 0.5) is 0 Å². The van der Waals surface area contributed by atoms with Gasteiger partial charge in [0.05, 0.1) is 6.10 Å². The maximum Gasteiger partial charge on any atom is 0.0540 e. The number of aliphatic hydroxyl groups is 1. The molecule has 2 nitrogen and oxygen atoms in total. The number of hydrogen-bond donors (Lipinski definition) is 2. The van der Waals surface area contributed by atoms with Crippen LogP contribution < -0.4 is 5.73 Å². The van der Waals surface area contributed by atoms with Gasteiger partial charge in [-0.25, -0.2) is 0 Å². The molecule has 0 heterocycles. The second-order valence-corrected chi connectivity index (χ2v) is 2.92. The van der Waals surface area contributed by atoms with Crippen molar-refractivity contribution in [1.82, 2.24) is 0 Å². The van der Waals surface area contributed by atoms with Crippen LogP contribution in [0.2, 0.25) is 0 Å². The van der Waals surface area contributed by atoms with Crippen LogP contribution in [0.1, 0.15) is 32.1 Å². The molecule has 0 radical (unpaired) electrons. The second kappa shape index (κ2) is 3.18. The van der Waals surface area contributed by atoms with E-state index >= 15 is 0 Å². The Morgan fingerprint density at radius 1 is 1.11 bits per heavy atom. The molecular weight excluding hydrogens is 114 g/mol. The average Bonchev–Trinajstić information content (AvgIpc) is 1.97. The van der Waals surface area contributed by atoms with Gasteiger partial charge in [0.2, 0.25) is 0 Å². The molecule has 3 N–H and O–H groups in total. The molecule has 0 spiro atoms. The van der Waals surface area contributed by atoms with Crippen LogP contribution in [0.5, 0.6) is 0 Å². The fourth-order valence-electron chi connectivity index (χ4n) is 1.31. The zero-order chi connectivity index (χ0) is 6.69. The lowest BCUT2D eigenvalue weighted by molar-refractivity contribution is 0.157. The molecule has 0 saturated heterocycles. The minimum Gasteiger partial charge on any atom is -0.393 e. The van der Waals surface area contributed by atoms with Gasteiger partial charge in [-0.1, -0.05) is 0 Å². The maximum absolute atomic E-state index is 9.15. The Hall–Kier alpha value is -0.0800. The summed E-state index contributed by atoms with van der Waals surface area (Å²) in [6, 6.07) is 0.349. The number of nitrogens with two attached hydrogens (primary N) is 1. The van der Waals surface area contributed by atoms with Crippen molar-refractivity contribution in [1.29, 1.82) is 0 Å². The average molecular weight is 129 g/mol. The minimum absolute atomic E-state index is 0.0708. The van der Waals surface area contributed by atoms with E-state index < -0.39 is 0 Å². The van der Waals surface area contributed by atoms with Gasteiger partial charge in [0, 0.05) is 6.04 Å².